The minimum atomic E-state index is -1.28. The molecule has 2 rings (SSSR count). The van der Waals surface area contributed by atoms with Gasteiger partial charge in [0.1, 0.15) is 5.60 Å². The van der Waals surface area contributed by atoms with Gasteiger partial charge in [0.25, 0.3) is 5.82 Å². The number of aromatic nitrogens is 2. The lowest BCUT2D eigenvalue weighted by molar-refractivity contribution is -0.0464. The first kappa shape index (κ1) is 24.8. The number of carbonyl (C=O) groups excluding carboxylic acids is 2. The van der Waals surface area contributed by atoms with Crippen molar-refractivity contribution in [1.82, 2.24) is 20.4 Å². The van der Waals surface area contributed by atoms with Gasteiger partial charge >= 0.3 is 17.5 Å². The lowest BCUT2D eigenvalue weighted by Crippen LogP contribution is -2.45. The third-order valence-corrected chi connectivity index (χ3v) is 4.65. The smallest absolute Gasteiger partial charge is 0.407 e. The van der Waals surface area contributed by atoms with Crippen LogP contribution in [0.4, 0.5) is 9.59 Å². The van der Waals surface area contributed by atoms with E-state index in [1.165, 1.54) is 0 Å². The quantitative estimate of drug-likeness (QED) is 0.461. The lowest BCUT2D eigenvalue weighted by Gasteiger charge is -2.35. The highest BCUT2D eigenvalue weighted by molar-refractivity contribution is 6.61. The number of morpholine rings is 1. The molecule has 1 aromatic heterocycles. The summed E-state index contributed by atoms with van der Waals surface area (Å²) >= 11 is 5.15. The Hall–Kier alpha value is -2.44. The molecular weight excluding hydrogens is 436 g/mol. The van der Waals surface area contributed by atoms with Crippen molar-refractivity contribution in [2.75, 3.05) is 39.4 Å². The van der Waals surface area contributed by atoms with Crippen molar-refractivity contribution in [2.24, 2.45) is 0 Å². The third-order valence-electron chi connectivity index (χ3n) is 4.54. The Balaban J connectivity index is 1.66. The number of halogens is 1. The van der Waals surface area contributed by atoms with E-state index in [2.05, 4.69) is 20.4 Å². The highest BCUT2D eigenvalue weighted by atomic mass is 35.5. The Bertz CT molecular complexity index is 757. The number of hydrogen-bond acceptors (Lipinski definition) is 10. The third kappa shape index (κ3) is 9.49. The molecule has 0 radical (unpaired) electrons. The van der Waals surface area contributed by atoms with Crippen LogP contribution in [0.5, 0.6) is 0 Å². The van der Waals surface area contributed by atoms with Crippen molar-refractivity contribution in [3.63, 3.8) is 0 Å². The Morgan fingerprint density at radius 1 is 1.39 bits per heavy atom. The fourth-order valence-electron chi connectivity index (χ4n) is 2.91. The Labute approximate surface area is 184 Å². The Morgan fingerprint density at radius 3 is 2.84 bits per heavy atom. The zero-order valence-electron chi connectivity index (χ0n) is 17.5. The molecule has 12 nitrogen and oxygen atoms in total. The van der Waals surface area contributed by atoms with Gasteiger partial charge < -0.3 is 29.2 Å². The monoisotopic (exact) mass is 462 g/mol. The number of ether oxygens (including phenoxy) is 3. The summed E-state index contributed by atoms with van der Waals surface area (Å²) in [7, 11) is 0. The summed E-state index contributed by atoms with van der Waals surface area (Å²) < 4.78 is 20.7. The molecule has 1 aromatic rings. The van der Waals surface area contributed by atoms with Gasteiger partial charge in [-0.05, 0) is 25.4 Å². The number of rotatable bonds is 11. The van der Waals surface area contributed by atoms with Gasteiger partial charge in [-0.2, -0.15) is 4.98 Å². The number of carboxylic acids is 1. The normalized spacial score (nSPS) is 17.2. The van der Waals surface area contributed by atoms with E-state index in [4.69, 9.17) is 35.4 Å². The van der Waals surface area contributed by atoms with Crippen molar-refractivity contribution >= 4 is 29.1 Å². The number of alkyl carbamates (subject to hydrolysis) is 1. The van der Waals surface area contributed by atoms with Crippen molar-refractivity contribution in [3.8, 4) is 0 Å². The van der Waals surface area contributed by atoms with Gasteiger partial charge in [-0.15, -0.1) is 0 Å². The fraction of sp³-hybridized carbons (Fsp3) is 0.722. The first-order valence-electron chi connectivity index (χ1n) is 9.83. The van der Waals surface area contributed by atoms with Crippen LogP contribution in [0.15, 0.2) is 4.52 Å². The van der Waals surface area contributed by atoms with E-state index >= 15 is 0 Å². The van der Waals surface area contributed by atoms with Gasteiger partial charge in [0, 0.05) is 50.6 Å². The fourth-order valence-corrected chi connectivity index (χ4v) is 2.99. The van der Waals surface area contributed by atoms with E-state index < -0.39 is 28.9 Å². The van der Waals surface area contributed by atoms with Crippen LogP contribution in [0.1, 0.15) is 43.2 Å². The minimum absolute atomic E-state index is 0.0524. The second kappa shape index (κ2) is 11.8. The molecule has 1 amide bonds. The molecule has 1 unspecified atom stereocenters. The standard InChI is InChI=1S/C18H27ClN4O8/c1-18(2,5-7-23-8-10-28-12(11-23)4-9-29-16(19)26)30-17(27)20-6-3-13-21-14(15(24)25)22-31-13/h12H,3-11H2,1-2H3,(H,20,27)(H,24,25). The first-order valence-corrected chi connectivity index (χ1v) is 10.2. The van der Waals surface area contributed by atoms with E-state index in [0.717, 1.165) is 6.54 Å². The van der Waals surface area contributed by atoms with Gasteiger partial charge in [0.05, 0.1) is 19.3 Å². The Kier molecular flexibility index (Phi) is 9.46. The summed E-state index contributed by atoms with van der Waals surface area (Å²) in [6.07, 6.45) is 0.708. The number of hydrogen-bond donors (Lipinski definition) is 2. The van der Waals surface area contributed by atoms with Crippen LogP contribution < -0.4 is 5.32 Å². The maximum atomic E-state index is 12.1. The van der Waals surface area contributed by atoms with Crippen LogP contribution in [0.3, 0.4) is 0 Å². The predicted octanol–water partition coefficient (Wildman–Crippen LogP) is 1.67. The summed E-state index contributed by atoms with van der Waals surface area (Å²) in [5.74, 6) is -1.60. The van der Waals surface area contributed by atoms with E-state index in [1.807, 2.05) is 13.8 Å². The summed E-state index contributed by atoms with van der Waals surface area (Å²) in [6, 6.07) is 0. The van der Waals surface area contributed by atoms with E-state index in [9.17, 15) is 14.4 Å². The van der Waals surface area contributed by atoms with E-state index in [1.54, 1.807) is 0 Å². The molecule has 13 heteroatoms. The topological polar surface area (TPSA) is 153 Å². The number of aromatic carboxylic acids is 1. The zero-order valence-corrected chi connectivity index (χ0v) is 18.2. The molecular formula is C18H27ClN4O8. The summed E-state index contributed by atoms with van der Waals surface area (Å²) in [4.78, 5) is 39.3. The van der Waals surface area contributed by atoms with Gasteiger partial charge in [-0.3, -0.25) is 4.90 Å². The van der Waals surface area contributed by atoms with Crippen LogP contribution in [0, 0.1) is 0 Å². The largest absolute Gasteiger partial charge is 0.475 e. The molecule has 1 fully saturated rings. The van der Waals surface area contributed by atoms with Gasteiger partial charge in [-0.25, -0.2) is 14.4 Å². The molecule has 0 aromatic carbocycles. The number of carbonyl (C=O) groups is 3. The Morgan fingerprint density at radius 2 is 2.16 bits per heavy atom. The highest BCUT2D eigenvalue weighted by Crippen LogP contribution is 2.17. The number of nitrogens with zero attached hydrogens (tertiary/aromatic N) is 3. The number of nitrogens with one attached hydrogen (secondary N) is 1. The van der Waals surface area contributed by atoms with Crippen molar-refractivity contribution in [3.05, 3.63) is 11.7 Å². The van der Waals surface area contributed by atoms with E-state index in [-0.39, 0.29) is 31.6 Å². The summed E-state index contributed by atoms with van der Waals surface area (Å²) in [6.45, 7) is 6.73. The molecule has 2 heterocycles. The molecule has 0 saturated carbocycles. The highest BCUT2D eigenvalue weighted by Gasteiger charge is 2.26. The van der Waals surface area contributed by atoms with Crippen LogP contribution >= 0.6 is 11.6 Å². The predicted molar refractivity (Wildman–Crippen MR) is 106 cm³/mol. The second-order valence-electron chi connectivity index (χ2n) is 7.56. The van der Waals surface area contributed by atoms with Crippen molar-refractivity contribution in [1.29, 1.82) is 0 Å². The molecule has 2 N–H and O–H groups in total. The van der Waals surface area contributed by atoms with Gasteiger partial charge in [-0.1, -0.05) is 0 Å². The molecule has 1 aliphatic rings. The lowest BCUT2D eigenvalue weighted by atomic mass is 10.0. The maximum Gasteiger partial charge on any atom is 0.407 e. The van der Waals surface area contributed by atoms with Crippen molar-refractivity contribution < 1.29 is 38.2 Å². The SMILES string of the molecule is CC(C)(CCN1CCOC(CCOC(=O)Cl)C1)OC(=O)NCCc1nc(C(=O)O)no1. The summed E-state index contributed by atoms with van der Waals surface area (Å²) in [5.41, 5.74) is -1.53. The average Bonchev–Trinajstić information content (AvgIpc) is 3.15. The van der Waals surface area contributed by atoms with Gasteiger partial charge in [0.2, 0.25) is 5.89 Å². The minimum Gasteiger partial charge on any atom is -0.475 e. The second-order valence-corrected chi connectivity index (χ2v) is 7.87. The van der Waals surface area contributed by atoms with Crippen LogP contribution in [-0.4, -0.2) is 88.7 Å². The molecule has 0 bridgehead atoms. The molecule has 31 heavy (non-hydrogen) atoms. The van der Waals surface area contributed by atoms with Crippen molar-refractivity contribution in [2.45, 2.75) is 44.8 Å². The van der Waals surface area contributed by atoms with Gasteiger partial charge in [0.15, 0.2) is 0 Å². The van der Waals surface area contributed by atoms with Crippen LogP contribution in [-0.2, 0) is 20.6 Å². The van der Waals surface area contributed by atoms with E-state index in [0.29, 0.717) is 32.5 Å². The molecule has 0 aliphatic carbocycles. The molecule has 174 valence electrons. The zero-order chi connectivity index (χ0) is 22.9. The molecule has 1 aliphatic heterocycles. The molecule has 1 saturated heterocycles. The maximum absolute atomic E-state index is 12.1. The van der Waals surface area contributed by atoms with Crippen LogP contribution in [0.25, 0.3) is 0 Å². The number of carboxylic acid groups (broad SMARTS) is 1. The van der Waals surface area contributed by atoms with Crippen LogP contribution in [0.2, 0.25) is 0 Å². The molecule has 0 spiro atoms. The summed E-state index contributed by atoms with van der Waals surface area (Å²) in [5, 5.41) is 14.6. The molecule has 1 atom stereocenters. The average molecular weight is 463 g/mol. The number of amides is 1. The first-order chi connectivity index (χ1) is 14.6.